The van der Waals surface area contributed by atoms with Gasteiger partial charge in [0, 0.05) is 37.3 Å². The van der Waals surface area contributed by atoms with Crippen molar-refractivity contribution < 1.29 is 13.5 Å². The molecule has 6 nitrogen and oxygen atoms in total. The Labute approximate surface area is 279 Å². The van der Waals surface area contributed by atoms with E-state index >= 15 is 0 Å². The minimum absolute atomic E-state index is 0.180. The molecule has 0 heterocycles. The Bertz CT molecular complexity index is 1490. The molecule has 4 saturated carbocycles. The van der Waals surface area contributed by atoms with Crippen molar-refractivity contribution >= 4 is 32.7 Å². The largest absolute Gasteiger partial charge is 0.393 e. The molecule has 0 radical (unpaired) electrons. The monoisotopic (exact) mass is 651 g/mol. The number of benzene rings is 2. The maximum Gasteiger partial charge on any atom is 0.276 e. The van der Waals surface area contributed by atoms with Crippen LogP contribution in [0.1, 0.15) is 106 Å². The molecule has 46 heavy (non-hydrogen) atoms. The summed E-state index contributed by atoms with van der Waals surface area (Å²) in [5, 5.41) is 17.3. The number of anilines is 1. The van der Waals surface area contributed by atoms with Gasteiger partial charge < -0.3 is 10.0 Å². The van der Waals surface area contributed by atoms with Gasteiger partial charge in [-0.2, -0.15) is 13.5 Å². The van der Waals surface area contributed by atoms with Crippen LogP contribution in [0.15, 0.2) is 46.4 Å². The van der Waals surface area contributed by atoms with Gasteiger partial charge in [0.15, 0.2) is 0 Å². The number of hydrogen-bond donors (Lipinski definition) is 2. The van der Waals surface area contributed by atoms with Crippen LogP contribution < -0.4 is 9.73 Å². The molecule has 0 spiro atoms. The second kappa shape index (κ2) is 13.8. The van der Waals surface area contributed by atoms with Gasteiger partial charge in [0.1, 0.15) is 0 Å². The van der Waals surface area contributed by atoms with E-state index in [4.69, 9.17) is 0 Å². The molecule has 0 amide bonds. The third-order valence-corrected chi connectivity index (χ3v) is 14.3. The smallest absolute Gasteiger partial charge is 0.276 e. The first kappa shape index (κ1) is 35.2. The number of nitrogens with one attached hydrogen (secondary N) is 1. The zero-order valence-electron chi connectivity index (χ0n) is 29.8. The third-order valence-electron chi connectivity index (χ3n) is 13.0. The van der Waals surface area contributed by atoms with Crippen LogP contribution >= 0.6 is 0 Å². The molecule has 3 unspecified atom stereocenters. The zero-order chi connectivity index (χ0) is 33.4. The molecule has 9 atom stereocenters. The van der Waals surface area contributed by atoms with Crippen LogP contribution in [0.25, 0.3) is 10.8 Å². The van der Waals surface area contributed by atoms with E-state index in [1.54, 1.807) is 12.1 Å². The van der Waals surface area contributed by atoms with Gasteiger partial charge in [-0.1, -0.05) is 72.6 Å². The average Bonchev–Trinajstić information content (AvgIpc) is 3.48. The summed E-state index contributed by atoms with van der Waals surface area (Å²) in [4.78, 5) is 4.87. The predicted molar refractivity (Wildman–Crippen MR) is 193 cm³/mol. The lowest BCUT2D eigenvalue weighted by molar-refractivity contribution is -0.0303. The van der Waals surface area contributed by atoms with Crippen LogP contribution in [0.3, 0.4) is 0 Å². The lowest BCUT2D eigenvalue weighted by Crippen LogP contribution is -2.44. The highest BCUT2D eigenvalue weighted by Gasteiger charge is 2.65. The third kappa shape index (κ3) is 6.36. The van der Waals surface area contributed by atoms with Crippen molar-refractivity contribution in [1.82, 2.24) is 4.83 Å². The van der Waals surface area contributed by atoms with E-state index in [1.807, 2.05) is 63.3 Å². The highest BCUT2D eigenvalue weighted by atomic mass is 32.2. The fraction of sp³-hybridized carbons (Fsp3) is 0.718. The number of fused-ring (bicyclic) bond motifs is 6. The van der Waals surface area contributed by atoms with Gasteiger partial charge in [-0.25, -0.2) is 4.83 Å². The summed E-state index contributed by atoms with van der Waals surface area (Å²) in [7, 11) is 0.158. The van der Waals surface area contributed by atoms with Crippen molar-refractivity contribution in [3.8, 4) is 0 Å². The summed E-state index contributed by atoms with van der Waals surface area (Å²) in [5.74, 6) is 3.82. The Balaban J connectivity index is 0.00000204. The van der Waals surface area contributed by atoms with Crippen molar-refractivity contribution in [2.45, 2.75) is 117 Å². The second-order valence-electron chi connectivity index (χ2n) is 16.0. The summed E-state index contributed by atoms with van der Waals surface area (Å²) in [6.45, 7) is 13.7. The van der Waals surface area contributed by atoms with Crippen molar-refractivity contribution in [1.29, 1.82) is 0 Å². The van der Waals surface area contributed by atoms with Crippen LogP contribution in [0.2, 0.25) is 0 Å². The summed E-state index contributed by atoms with van der Waals surface area (Å²) >= 11 is 0. The molecule has 256 valence electrons. The van der Waals surface area contributed by atoms with E-state index in [0.29, 0.717) is 29.1 Å². The van der Waals surface area contributed by atoms with E-state index in [2.05, 4.69) is 37.6 Å². The Morgan fingerprint density at radius 1 is 1.00 bits per heavy atom. The first-order valence-corrected chi connectivity index (χ1v) is 19.8. The maximum absolute atomic E-state index is 13.5. The molecule has 0 aromatic heterocycles. The van der Waals surface area contributed by atoms with E-state index in [-0.39, 0.29) is 22.3 Å². The molecule has 0 aliphatic heterocycles. The van der Waals surface area contributed by atoms with Crippen LogP contribution in [0.5, 0.6) is 0 Å². The molecule has 4 aliphatic carbocycles. The topological polar surface area (TPSA) is 82.0 Å². The summed E-state index contributed by atoms with van der Waals surface area (Å²) < 4.78 is 27.0. The average molecular weight is 652 g/mol. The van der Waals surface area contributed by atoms with Crippen molar-refractivity contribution in [3.05, 3.63) is 36.4 Å². The van der Waals surface area contributed by atoms with E-state index in [9.17, 15) is 13.5 Å². The molecule has 4 aliphatic rings. The van der Waals surface area contributed by atoms with Gasteiger partial charge in [-0.3, -0.25) is 0 Å². The second-order valence-corrected chi connectivity index (χ2v) is 17.6. The minimum Gasteiger partial charge on any atom is -0.393 e. The van der Waals surface area contributed by atoms with E-state index < -0.39 is 10.0 Å². The molecule has 4 fully saturated rings. The van der Waals surface area contributed by atoms with Crippen LogP contribution in [0.4, 0.5) is 5.69 Å². The summed E-state index contributed by atoms with van der Waals surface area (Å²) in [6, 6.07) is 11.3. The van der Waals surface area contributed by atoms with E-state index in [1.165, 1.54) is 44.9 Å². The number of aliphatic hydroxyl groups is 1. The number of aliphatic hydroxyl groups excluding tert-OH is 1. The molecule has 2 aromatic carbocycles. The molecule has 0 saturated heterocycles. The Morgan fingerprint density at radius 2 is 1.72 bits per heavy atom. The standard InChI is InChI=1S/C37H55N3O3S.C2H6/c1-24(2)9-7-11-26-13-16-31-35-30(33-22-27(41)17-19-37(33,4)32(35)18-20-36(26,31)3)23-38-39-44(42,43)28-14-15-29-25(21-28)10-8-12-34(29)40(5)6;1-2/h8,10,12,14-15,21,23-24,26-27,30-33,35,39,41H,7,9,11,13,16-20,22H2,1-6H3;1-2H3/b38-23+;/t26-,27-,30-,31?,32?,33-,35?,36+,37+;/m0./s1. The Hall–Kier alpha value is -2.12. The van der Waals surface area contributed by atoms with Gasteiger partial charge in [-0.15, -0.1) is 0 Å². The molecule has 0 bridgehead atoms. The fourth-order valence-corrected chi connectivity index (χ4v) is 11.6. The van der Waals surface area contributed by atoms with E-state index in [0.717, 1.165) is 47.6 Å². The van der Waals surface area contributed by atoms with Crippen LogP contribution in [-0.4, -0.2) is 39.9 Å². The Morgan fingerprint density at radius 3 is 2.43 bits per heavy atom. The first-order chi connectivity index (χ1) is 21.8. The molecular weight excluding hydrogens is 591 g/mol. The van der Waals surface area contributed by atoms with Crippen LogP contribution in [-0.2, 0) is 10.0 Å². The zero-order valence-corrected chi connectivity index (χ0v) is 30.6. The lowest BCUT2D eigenvalue weighted by atomic mass is 9.54. The molecule has 2 aromatic rings. The minimum atomic E-state index is -3.83. The van der Waals surface area contributed by atoms with Crippen molar-refractivity contribution in [2.24, 2.45) is 57.4 Å². The van der Waals surface area contributed by atoms with Gasteiger partial charge in [0.2, 0.25) is 0 Å². The highest BCUT2D eigenvalue weighted by Crippen LogP contribution is 2.71. The fourth-order valence-electron chi connectivity index (χ4n) is 10.8. The highest BCUT2D eigenvalue weighted by molar-refractivity contribution is 7.89. The summed E-state index contributed by atoms with van der Waals surface area (Å²) in [6.07, 6.45) is 13.6. The van der Waals surface area contributed by atoms with Gasteiger partial charge in [0.25, 0.3) is 10.0 Å². The molecular formula is C39H61N3O3S. The van der Waals surface area contributed by atoms with Gasteiger partial charge in [-0.05, 0) is 121 Å². The number of sulfonamides is 1. The number of rotatable bonds is 9. The summed E-state index contributed by atoms with van der Waals surface area (Å²) in [5.41, 5.74) is 1.58. The van der Waals surface area contributed by atoms with Crippen LogP contribution in [0, 0.1) is 52.3 Å². The first-order valence-electron chi connectivity index (χ1n) is 18.3. The quantitative estimate of drug-likeness (QED) is 0.210. The molecule has 7 heteroatoms. The normalized spacial score (nSPS) is 35.4. The number of hydrazone groups is 1. The van der Waals surface area contributed by atoms with Gasteiger partial charge >= 0.3 is 0 Å². The van der Waals surface area contributed by atoms with Gasteiger partial charge in [0.05, 0.1) is 11.0 Å². The lowest BCUT2D eigenvalue weighted by Gasteiger charge is -2.51. The maximum atomic E-state index is 13.5. The molecule has 2 N–H and O–H groups in total. The van der Waals surface area contributed by atoms with Crippen molar-refractivity contribution in [2.75, 3.05) is 19.0 Å². The Kier molecular flexibility index (Phi) is 10.5. The predicted octanol–water partition coefficient (Wildman–Crippen LogP) is 8.88. The number of nitrogens with zero attached hydrogens (tertiary/aromatic N) is 2. The molecule has 6 rings (SSSR count). The van der Waals surface area contributed by atoms with Crippen molar-refractivity contribution in [3.63, 3.8) is 0 Å². The number of hydrogen-bond acceptors (Lipinski definition) is 5. The SMILES string of the molecule is CC.CC(C)CCC[C@H]1CCC2C3C(CC[C@@]21C)[C@@]1(C)CC[C@H](O)C[C@H]1[C@@H]3/C=N/NS(=O)(=O)c1ccc2c(N(C)C)cccc2c1.